The third kappa shape index (κ3) is 6.11. The number of non-ortho nitro benzene ring substituents is 1. The first-order valence-corrected chi connectivity index (χ1v) is 10.6. The van der Waals surface area contributed by atoms with E-state index in [1.165, 1.54) is 49.6 Å². The molecule has 0 radical (unpaired) electrons. The van der Waals surface area contributed by atoms with Crippen LogP contribution < -0.4 is 14.8 Å². The molecular formula is C24H18BrN3O6. The summed E-state index contributed by atoms with van der Waals surface area (Å²) in [4.78, 5) is 23.0. The highest BCUT2D eigenvalue weighted by Crippen LogP contribution is 2.35. The maximum Gasteiger partial charge on any atom is 0.269 e. The van der Waals surface area contributed by atoms with Crippen LogP contribution in [0.1, 0.15) is 11.1 Å². The number of nitriles is 1. The zero-order valence-corrected chi connectivity index (χ0v) is 19.4. The molecule has 0 aliphatic carbocycles. The lowest BCUT2D eigenvalue weighted by atomic mass is 10.1. The lowest BCUT2D eigenvalue weighted by molar-refractivity contribution is -0.384. The van der Waals surface area contributed by atoms with Crippen LogP contribution in [0.5, 0.6) is 17.2 Å². The third-order valence-corrected chi connectivity index (χ3v) is 5.28. The molecule has 0 heterocycles. The minimum absolute atomic E-state index is 0.0376. The van der Waals surface area contributed by atoms with Gasteiger partial charge >= 0.3 is 0 Å². The zero-order chi connectivity index (χ0) is 24.7. The van der Waals surface area contributed by atoms with Gasteiger partial charge in [-0.2, -0.15) is 5.26 Å². The summed E-state index contributed by atoms with van der Waals surface area (Å²) >= 11 is 3.41. The van der Waals surface area contributed by atoms with Crippen LogP contribution >= 0.6 is 15.9 Å². The minimum atomic E-state index is -0.620. The van der Waals surface area contributed by atoms with Gasteiger partial charge in [0, 0.05) is 22.3 Å². The van der Waals surface area contributed by atoms with Gasteiger partial charge in [0.25, 0.3) is 11.6 Å². The number of ether oxygens (including phenoxy) is 2. The number of hydrogen-bond acceptors (Lipinski definition) is 7. The number of nitro groups is 1. The van der Waals surface area contributed by atoms with Gasteiger partial charge in [0.1, 0.15) is 24.0 Å². The summed E-state index contributed by atoms with van der Waals surface area (Å²) in [5.74, 6) is 0.143. The zero-order valence-electron chi connectivity index (χ0n) is 17.8. The standard InChI is InChI=1S/C24H18BrN3O6/c1-33-22-11-16(10-17(13-26)24(30)27-18-5-7-20(29)8-6-18)21(25)12-23(22)34-14-15-3-2-4-19(9-15)28(31)32/h2-12,29H,14H2,1H3,(H,27,30)/b17-10+. The van der Waals surface area contributed by atoms with Crippen molar-refractivity contribution in [1.82, 2.24) is 0 Å². The average molecular weight is 524 g/mol. The second-order valence-corrected chi connectivity index (χ2v) is 7.77. The van der Waals surface area contributed by atoms with E-state index in [1.807, 2.05) is 6.07 Å². The molecule has 3 rings (SSSR count). The van der Waals surface area contributed by atoms with Gasteiger partial charge in [0.05, 0.1) is 12.0 Å². The molecule has 0 unspecified atom stereocenters. The first kappa shape index (κ1) is 24.3. The number of nitrogens with zero attached hydrogens (tertiary/aromatic N) is 2. The number of carbonyl (C=O) groups excluding carboxylic acids is 1. The summed E-state index contributed by atoms with van der Waals surface area (Å²) in [6.45, 7) is 0.0676. The summed E-state index contributed by atoms with van der Waals surface area (Å²) < 4.78 is 11.7. The van der Waals surface area contributed by atoms with E-state index in [1.54, 1.807) is 24.3 Å². The Morgan fingerprint density at radius 2 is 1.94 bits per heavy atom. The fourth-order valence-corrected chi connectivity index (χ4v) is 3.34. The SMILES string of the molecule is COc1cc(/C=C(\C#N)C(=O)Nc2ccc(O)cc2)c(Br)cc1OCc1cccc([N+](=O)[O-])c1. The Balaban J connectivity index is 1.81. The van der Waals surface area contributed by atoms with Crippen LogP contribution in [0.25, 0.3) is 6.08 Å². The van der Waals surface area contributed by atoms with Crippen molar-refractivity contribution in [2.75, 3.05) is 12.4 Å². The number of phenolic OH excluding ortho intramolecular Hbond substituents is 1. The second-order valence-electron chi connectivity index (χ2n) is 6.91. The third-order valence-electron chi connectivity index (χ3n) is 4.59. The topological polar surface area (TPSA) is 135 Å². The first-order valence-electron chi connectivity index (χ1n) is 9.76. The Morgan fingerprint density at radius 3 is 2.59 bits per heavy atom. The van der Waals surface area contributed by atoms with E-state index in [0.717, 1.165) is 0 Å². The maximum absolute atomic E-state index is 12.5. The number of rotatable bonds is 8. The Kier molecular flexibility index (Phi) is 7.84. The highest BCUT2D eigenvalue weighted by Gasteiger charge is 2.15. The number of phenols is 1. The van der Waals surface area contributed by atoms with E-state index in [9.17, 15) is 25.3 Å². The molecular weight excluding hydrogens is 506 g/mol. The van der Waals surface area contributed by atoms with Crippen LogP contribution in [0.3, 0.4) is 0 Å². The quantitative estimate of drug-likeness (QED) is 0.136. The lowest BCUT2D eigenvalue weighted by Crippen LogP contribution is -2.13. The molecule has 10 heteroatoms. The Morgan fingerprint density at radius 1 is 1.21 bits per heavy atom. The van der Waals surface area contributed by atoms with Gasteiger partial charge in [0.2, 0.25) is 0 Å². The Bertz CT molecular complexity index is 1300. The van der Waals surface area contributed by atoms with Gasteiger partial charge in [-0.1, -0.05) is 28.1 Å². The summed E-state index contributed by atoms with van der Waals surface area (Å²) in [6.07, 6.45) is 1.40. The number of methoxy groups -OCH3 is 1. The van der Waals surface area contributed by atoms with Gasteiger partial charge < -0.3 is 19.9 Å². The lowest BCUT2D eigenvalue weighted by Gasteiger charge is -2.13. The molecule has 0 fully saturated rings. The fraction of sp³-hybridized carbons (Fsp3) is 0.0833. The average Bonchev–Trinajstić information content (AvgIpc) is 2.83. The van der Waals surface area contributed by atoms with Crippen molar-refractivity contribution in [3.63, 3.8) is 0 Å². The number of anilines is 1. The van der Waals surface area contributed by atoms with E-state index < -0.39 is 10.8 Å². The highest BCUT2D eigenvalue weighted by molar-refractivity contribution is 9.10. The first-order chi connectivity index (χ1) is 16.3. The molecule has 1 amide bonds. The summed E-state index contributed by atoms with van der Waals surface area (Å²) in [6, 6.07) is 17.0. The summed E-state index contributed by atoms with van der Waals surface area (Å²) in [5.41, 5.74) is 1.34. The highest BCUT2D eigenvalue weighted by atomic mass is 79.9. The van der Waals surface area contributed by atoms with Crippen molar-refractivity contribution in [2.24, 2.45) is 0 Å². The molecule has 0 spiro atoms. The molecule has 0 bridgehead atoms. The number of hydrogen-bond donors (Lipinski definition) is 2. The number of amides is 1. The van der Waals surface area contributed by atoms with Crippen LogP contribution in [0.4, 0.5) is 11.4 Å². The maximum atomic E-state index is 12.5. The van der Waals surface area contributed by atoms with Crippen molar-refractivity contribution in [3.05, 3.63) is 92.0 Å². The number of carbonyl (C=O) groups is 1. The molecule has 0 aromatic heterocycles. The number of nitrogens with one attached hydrogen (secondary N) is 1. The van der Waals surface area contributed by atoms with E-state index in [2.05, 4.69) is 21.2 Å². The van der Waals surface area contributed by atoms with Crippen LogP contribution in [-0.2, 0) is 11.4 Å². The molecule has 2 N–H and O–H groups in total. The number of aromatic hydroxyl groups is 1. The largest absolute Gasteiger partial charge is 0.508 e. The molecule has 3 aromatic rings. The van der Waals surface area contributed by atoms with Gasteiger partial charge in [-0.3, -0.25) is 14.9 Å². The second kappa shape index (κ2) is 11.0. The predicted octanol–water partition coefficient (Wildman–Crippen LogP) is 5.20. The van der Waals surface area contributed by atoms with Crippen LogP contribution in [-0.4, -0.2) is 23.0 Å². The summed E-state index contributed by atoms with van der Waals surface area (Å²) in [5, 5.41) is 32.4. The van der Waals surface area contributed by atoms with Crippen molar-refractivity contribution in [2.45, 2.75) is 6.61 Å². The van der Waals surface area contributed by atoms with Gasteiger partial charge in [-0.15, -0.1) is 0 Å². The molecule has 0 aliphatic rings. The van der Waals surface area contributed by atoms with E-state index >= 15 is 0 Å². The van der Waals surface area contributed by atoms with Crippen molar-refractivity contribution in [3.8, 4) is 23.3 Å². The number of benzene rings is 3. The van der Waals surface area contributed by atoms with E-state index in [-0.39, 0.29) is 23.6 Å². The monoisotopic (exact) mass is 523 g/mol. The van der Waals surface area contributed by atoms with Crippen LogP contribution in [0.15, 0.2) is 70.7 Å². The fourth-order valence-electron chi connectivity index (χ4n) is 2.90. The molecule has 0 aliphatic heterocycles. The Hall–Kier alpha value is -4.36. The van der Waals surface area contributed by atoms with Gasteiger partial charge in [-0.05, 0) is 53.6 Å². The molecule has 0 saturated carbocycles. The number of halogens is 1. The number of nitro benzene ring substituents is 1. The van der Waals surface area contributed by atoms with Gasteiger partial charge in [0.15, 0.2) is 11.5 Å². The van der Waals surface area contributed by atoms with Crippen molar-refractivity contribution < 1.29 is 24.3 Å². The predicted molar refractivity (Wildman–Crippen MR) is 128 cm³/mol. The van der Waals surface area contributed by atoms with Crippen molar-refractivity contribution in [1.29, 1.82) is 5.26 Å². The molecule has 0 saturated heterocycles. The summed E-state index contributed by atoms with van der Waals surface area (Å²) in [7, 11) is 1.44. The molecule has 0 atom stereocenters. The van der Waals surface area contributed by atoms with Crippen LogP contribution in [0, 0.1) is 21.4 Å². The van der Waals surface area contributed by atoms with Gasteiger partial charge in [-0.25, -0.2) is 0 Å². The molecule has 9 nitrogen and oxygen atoms in total. The molecule has 172 valence electrons. The molecule has 3 aromatic carbocycles. The molecule has 34 heavy (non-hydrogen) atoms. The smallest absolute Gasteiger partial charge is 0.269 e. The Labute approximate surface area is 203 Å². The van der Waals surface area contributed by atoms with Crippen LogP contribution in [0.2, 0.25) is 0 Å². The minimum Gasteiger partial charge on any atom is -0.508 e. The van der Waals surface area contributed by atoms with E-state index in [0.29, 0.717) is 32.8 Å². The normalized spacial score (nSPS) is 10.8. The van der Waals surface area contributed by atoms with Crippen molar-refractivity contribution >= 4 is 39.3 Å². The van der Waals surface area contributed by atoms with E-state index in [4.69, 9.17) is 9.47 Å².